The van der Waals surface area contributed by atoms with E-state index in [0.29, 0.717) is 45.6 Å². The molecular weight excluding hydrogens is 545 g/mol. The van der Waals surface area contributed by atoms with Gasteiger partial charge in [-0.3, -0.25) is 9.69 Å². The molecule has 0 saturated heterocycles. The Morgan fingerprint density at radius 3 is 2.15 bits per heavy atom. The summed E-state index contributed by atoms with van der Waals surface area (Å²) in [5.74, 6) is -11.6. The molecule has 0 bridgehead atoms. The van der Waals surface area contributed by atoms with Crippen LogP contribution in [0.1, 0.15) is 12.5 Å². The lowest BCUT2D eigenvalue weighted by atomic mass is 10.1. The first-order valence-corrected chi connectivity index (χ1v) is 11.0. The van der Waals surface area contributed by atoms with E-state index >= 15 is 0 Å². The van der Waals surface area contributed by atoms with Crippen molar-refractivity contribution in [3.63, 3.8) is 0 Å². The van der Waals surface area contributed by atoms with Crippen molar-refractivity contribution >= 4 is 51.8 Å². The predicted molar refractivity (Wildman–Crippen MR) is 123 cm³/mol. The maximum Gasteiger partial charge on any atom is 0.218 e. The third kappa shape index (κ3) is 5.05. The molecule has 3 aromatic rings. The largest absolute Gasteiger partial charge is 0.495 e. The Labute approximate surface area is 204 Å². The van der Waals surface area contributed by atoms with Crippen LogP contribution < -0.4 is 13.8 Å². The number of benzene rings is 3. The number of carbonyl (C=O) groups excluding carboxylic acids is 1. The Morgan fingerprint density at radius 2 is 1.56 bits per heavy atom. The Balaban J connectivity index is 1.99. The van der Waals surface area contributed by atoms with E-state index in [2.05, 4.69) is 15.9 Å². The zero-order valence-corrected chi connectivity index (χ0v) is 19.9. The highest BCUT2D eigenvalue weighted by Crippen LogP contribution is 2.39. The minimum atomic E-state index is -2.27. The number of anilines is 2. The summed E-state index contributed by atoms with van der Waals surface area (Å²) < 4.78 is 78.7. The molecule has 34 heavy (non-hydrogen) atoms. The molecule has 0 spiro atoms. The maximum atomic E-state index is 13.9. The molecule has 0 saturated carbocycles. The third-order valence-electron chi connectivity index (χ3n) is 4.50. The normalized spacial score (nSPS) is 11.1. The molecule has 0 aliphatic carbocycles. The summed E-state index contributed by atoms with van der Waals surface area (Å²) in [6.07, 6.45) is 3.95. The fourth-order valence-electron chi connectivity index (χ4n) is 2.96. The highest BCUT2D eigenvalue weighted by Gasteiger charge is 2.27. The summed E-state index contributed by atoms with van der Waals surface area (Å²) in [6.45, 7) is 1.74. The van der Waals surface area contributed by atoms with Crippen LogP contribution in [0.4, 0.5) is 33.3 Å². The number of methoxy groups -OCH3 is 1. The van der Waals surface area contributed by atoms with Crippen LogP contribution in [0.15, 0.2) is 51.8 Å². The average Bonchev–Trinajstić information content (AvgIpc) is 2.83. The number of allylic oxidation sites excluding steroid dienone is 1. The highest BCUT2D eigenvalue weighted by atomic mass is 79.9. The SMILES string of the molecule is C/C=C\c1cc(SOc2c(F)c(F)c(F)c(F)c2F)ccc1N(C=O)c1cc(Br)ccc1OC. The molecule has 3 rings (SSSR count). The second-order valence-corrected chi connectivity index (χ2v) is 8.30. The quantitative estimate of drug-likeness (QED) is 0.0937. The first-order chi connectivity index (χ1) is 16.2. The van der Waals surface area contributed by atoms with Crippen LogP contribution in [-0.4, -0.2) is 13.5 Å². The molecule has 0 radical (unpaired) electrons. The van der Waals surface area contributed by atoms with Gasteiger partial charge in [-0.2, -0.15) is 8.78 Å². The van der Waals surface area contributed by atoms with E-state index in [1.807, 2.05) is 0 Å². The monoisotopic (exact) mass is 559 g/mol. The Kier molecular flexibility index (Phi) is 8.21. The minimum absolute atomic E-state index is 0.271. The van der Waals surface area contributed by atoms with Crippen LogP contribution in [-0.2, 0) is 4.79 Å². The van der Waals surface area contributed by atoms with E-state index in [9.17, 15) is 26.7 Å². The molecule has 1 amide bonds. The van der Waals surface area contributed by atoms with Gasteiger partial charge in [-0.1, -0.05) is 28.1 Å². The molecule has 0 aliphatic rings. The van der Waals surface area contributed by atoms with Gasteiger partial charge in [0.1, 0.15) is 5.75 Å². The van der Waals surface area contributed by atoms with Gasteiger partial charge in [0, 0.05) is 9.37 Å². The lowest BCUT2D eigenvalue weighted by molar-refractivity contribution is -0.106. The molecule has 0 fully saturated rings. The van der Waals surface area contributed by atoms with Crippen molar-refractivity contribution in [2.45, 2.75) is 11.8 Å². The molecule has 0 atom stereocenters. The van der Waals surface area contributed by atoms with E-state index in [0.717, 1.165) is 0 Å². The van der Waals surface area contributed by atoms with Crippen LogP contribution in [0, 0.1) is 29.1 Å². The maximum absolute atomic E-state index is 13.9. The lowest BCUT2D eigenvalue weighted by Crippen LogP contribution is -2.16. The first-order valence-electron chi connectivity index (χ1n) is 9.44. The molecule has 0 heterocycles. The van der Waals surface area contributed by atoms with Gasteiger partial charge in [0.25, 0.3) is 0 Å². The highest BCUT2D eigenvalue weighted by molar-refractivity contribution is 9.10. The van der Waals surface area contributed by atoms with Crippen molar-refractivity contribution in [3.8, 4) is 11.5 Å². The number of ether oxygens (including phenoxy) is 1. The number of hydrogen-bond donors (Lipinski definition) is 0. The third-order valence-corrected chi connectivity index (χ3v) is 5.69. The number of hydrogen-bond acceptors (Lipinski definition) is 4. The molecule has 0 aromatic heterocycles. The van der Waals surface area contributed by atoms with Gasteiger partial charge in [0.15, 0.2) is 0 Å². The van der Waals surface area contributed by atoms with Crippen LogP contribution in [0.5, 0.6) is 11.5 Å². The molecule has 178 valence electrons. The van der Waals surface area contributed by atoms with Gasteiger partial charge >= 0.3 is 0 Å². The molecular formula is C23H15BrF5NO3S. The van der Waals surface area contributed by atoms with Crippen LogP contribution in [0.3, 0.4) is 0 Å². The summed E-state index contributed by atoms with van der Waals surface area (Å²) in [6, 6.07) is 9.62. The smallest absolute Gasteiger partial charge is 0.218 e. The number of carbonyl (C=O) groups is 1. The van der Waals surface area contributed by atoms with Crippen LogP contribution >= 0.6 is 28.0 Å². The van der Waals surface area contributed by atoms with Crippen molar-refractivity contribution in [1.29, 1.82) is 0 Å². The number of amides is 1. The zero-order chi connectivity index (χ0) is 25.0. The van der Waals surface area contributed by atoms with E-state index < -0.39 is 34.8 Å². The number of halogens is 6. The van der Waals surface area contributed by atoms with Crippen molar-refractivity contribution in [2.75, 3.05) is 12.0 Å². The average molecular weight is 560 g/mol. The Bertz CT molecular complexity index is 1240. The molecule has 0 aliphatic heterocycles. The topological polar surface area (TPSA) is 38.8 Å². The molecule has 0 N–H and O–H groups in total. The first kappa shape index (κ1) is 25.6. The van der Waals surface area contributed by atoms with E-state index in [-0.39, 0.29) is 4.90 Å². The van der Waals surface area contributed by atoms with Crippen molar-refractivity contribution in [1.82, 2.24) is 0 Å². The fraction of sp³-hybridized carbons (Fsp3) is 0.0870. The van der Waals surface area contributed by atoms with Gasteiger partial charge in [-0.05, 0) is 48.9 Å². The molecule has 11 heteroatoms. The van der Waals surface area contributed by atoms with Gasteiger partial charge in [0.05, 0.1) is 30.5 Å². The Morgan fingerprint density at radius 1 is 0.912 bits per heavy atom. The van der Waals surface area contributed by atoms with Crippen molar-refractivity contribution < 1.29 is 35.7 Å². The Hall–Kier alpha value is -3.05. The minimum Gasteiger partial charge on any atom is -0.495 e. The number of rotatable bonds is 8. The van der Waals surface area contributed by atoms with Crippen LogP contribution in [0.25, 0.3) is 6.08 Å². The van der Waals surface area contributed by atoms with E-state index in [1.54, 1.807) is 37.3 Å². The summed E-state index contributed by atoms with van der Waals surface area (Å²) in [5, 5.41) is 0. The molecule has 0 unspecified atom stereocenters. The van der Waals surface area contributed by atoms with Gasteiger partial charge in [0.2, 0.25) is 41.2 Å². The lowest BCUT2D eigenvalue weighted by Gasteiger charge is -2.23. The van der Waals surface area contributed by atoms with Crippen molar-refractivity contribution in [2.24, 2.45) is 0 Å². The second-order valence-electron chi connectivity index (χ2n) is 6.58. The summed E-state index contributed by atoms with van der Waals surface area (Å²) in [5.41, 5.74) is 1.38. The molecule has 3 aromatic carbocycles. The standard InChI is InChI=1S/C23H15BrF5NO3S/c1-3-4-12-9-14(34-33-23-21(28)19(26)18(25)20(27)22(23)29)6-7-15(12)30(11-31)16-10-13(24)5-8-17(16)32-2/h3-11H,1-2H3/b4-3-. The fourth-order valence-corrected chi connectivity index (χ4v) is 3.93. The summed E-state index contributed by atoms with van der Waals surface area (Å²) in [7, 11) is 1.46. The van der Waals surface area contributed by atoms with Crippen LogP contribution in [0.2, 0.25) is 0 Å². The van der Waals surface area contributed by atoms with Crippen molar-refractivity contribution in [3.05, 3.63) is 81.6 Å². The number of nitrogens with zero attached hydrogens (tertiary/aromatic N) is 1. The van der Waals surface area contributed by atoms with E-state index in [4.69, 9.17) is 8.92 Å². The summed E-state index contributed by atoms with van der Waals surface area (Å²) >= 11 is 3.75. The van der Waals surface area contributed by atoms with E-state index in [1.165, 1.54) is 30.2 Å². The second kappa shape index (κ2) is 10.9. The van der Waals surface area contributed by atoms with Gasteiger partial charge in [-0.15, -0.1) is 0 Å². The zero-order valence-electron chi connectivity index (χ0n) is 17.5. The van der Waals surface area contributed by atoms with Gasteiger partial charge < -0.3 is 8.92 Å². The molecule has 4 nitrogen and oxygen atoms in total. The predicted octanol–water partition coefficient (Wildman–Crippen LogP) is 7.57. The van der Waals surface area contributed by atoms with Gasteiger partial charge in [-0.25, -0.2) is 13.2 Å². The summed E-state index contributed by atoms with van der Waals surface area (Å²) in [4.78, 5) is 13.6.